The molecule has 2 heterocycles. The van der Waals surface area contributed by atoms with E-state index in [9.17, 15) is 4.79 Å². The number of nitrogens with zero attached hydrogens (tertiary/aromatic N) is 3. The second-order valence-corrected chi connectivity index (χ2v) is 4.00. The number of esters is 1. The Morgan fingerprint density at radius 3 is 2.89 bits per heavy atom. The summed E-state index contributed by atoms with van der Waals surface area (Å²) in [5, 5.41) is 3.09. The molecule has 0 fully saturated rings. The lowest BCUT2D eigenvalue weighted by atomic mass is 10.2. The van der Waals surface area contributed by atoms with Crippen LogP contribution in [0.4, 0.5) is 5.69 Å². The van der Waals surface area contributed by atoms with Crippen LogP contribution in [0.25, 0.3) is 5.82 Å². The van der Waals surface area contributed by atoms with Gasteiger partial charge in [-0.3, -0.25) is 4.57 Å². The van der Waals surface area contributed by atoms with E-state index in [0.29, 0.717) is 6.42 Å². The Labute approximate surface area is 111 Å². The van der Waals surface area contributed by atoms with Crippen LogP contribution in [-0.2, 0) is 9.53 Å². The van der Waals surface area contributed by atoms with Gasteiger partial charge in [0, 0.05) is 12.4 Å². The first-order valence-electron chi connectivity index (χ1n) is 6.03. The van der Waals surface area contributed by atoms with Gasteiger partial charge in [-0.15, -0.1) is 0 Å². The average Bonchev–Trinajstić information content (AvgIpc) is 2.98. The summed E-state index contributed by atoms with van der Waals surface area (Å²) in [4.78, 5) is 19.7. The molecule has 2 rings (SSSR count). The lowest BCUT2D eigenvalue weighted by Crippen LogP contribution is -2.29. The van der Waals surface area contributed by atoms with Gasteiger partial charge in [0.1, 0.15) is 18.2 Å². The summed E-state index contributed by atoms with van der Waals surface area (Å²) < 4.78 is 6.53. The van der Waals surface area contributed by atoms with Crippen molar-refractivity contribution in [3.05, 3.63) is 37.1 Å². The molecular weight excluding hydrogens is 244 g/mol. The Morgan fingerprint density at radius 2 is 2.37 bits per heavy atom. The monoisotopic (exact) mass is 260 g/mol. The van der Waals surface area contributed by atoms with Crippen LogP contribution in [0.3, 0.4) is 0 Å². The molecule has 2 aromatic heterocycles. The van der Waals surface area contributed by atoms with Crippen LogP contribution < -0.4 is 5.32 Å². The highest BCUT2D eigenvalue weighted by atomic mass is 16.5. The number of aromatic nitrogens is 3. The number of anilines is 1. The maximum Gasteiger partial charge on any atom is 0.328 e. The van der Waals surface area contributed by atoms with E-state index in [1.807, 2.05) is 25.3 Å². The van der Waals surface area contributed by atoms with Crippen LogP contribution in [0.2, 0.25) is 0 Å². The Balaban J connectivity index is 2.08. The van der Waals surface area contributed by atoms with Crippen molar-refractivity contribution in [3.63, 3.8) is 0 Å². The highest BCUT2D eigenvalue weighted by Gasteiger charge is 2.16. The first kappa shape index (κ1) is 13.1. The molecule has 0 amide bonds. The fraction of sp³-hybridized carbons (Fsp3) is 0.308. The molecule has 100 valence electrons. The number of hydrogen-bond acceptors (Lipinski definition) is 5. The molecule has 6 heteroatoms. The van der Waals surface area contributed by atoms with E-state index >= 15 is 0 Å². The largest absolute Gasteiger partial charge is 0.467 e. The summed E-state index contributed by atoms with van der Waals surface area (Å²) >= 11 is 0. The fourth-order valence-electron chi connectivity index (χ4n) is 1.69. The second-order valence-electron chi connectivity index (χ2n) is 4.00. The molecule has 0 aliphatic heterocycles. The molecule has 0 bridgehead atoms. The van der Waals surface area contributed by atoms with Gasteiger partial charge in [0.2, 0.25) is 0 Å². The van der Waals surface area contributed by atoms with Crippen molar-refractivity contribution in [2.45, 2.75) is 19.4 Å². The zero-order valence-corrected chi connectivity index (χ0v) is 10.9. The van der Waals surface area contributed by atoms with Crippen molar-refractivity contribution in [3.8, 4) is 5.82 Å². The number of imidazole rings is 1. The maximum absolute atomic E-state index is 11.5. The van der Waals surface area contributed by atoms with E-state index in [1.54, 1.807) is 23.3 Å². The minimum absolute atomic E-state index is 0.277. The molecule has 2 aromatic rings. The van der Waals surface area contributed by atoms with Crippen molar-refractivity contribution >= 4 is 11.7 Å². The minimum atomic E-state index is -0.356. The van der Waals surface area contributed by atoms with Crippen molar-refractivity contribution in [2.75, 3.05) is 12.4 Å². The molecule has 6 nitrogen and oxygen atoms in total. The molecule has 0 radical (unpaired) electrons. The third kappa shape index (κ3) is 3.09. The summed E-state index contributed by atoms with van der Waals surface area (Å²) in [7, 11) is 1.38. The maximum atomic E-state index is 11.5. The normalized spacial score (nSPS) is 11.9. The van der Waals surface area contributed by atoms with Gasteiger partial charge in [-0.2, -0.15) is 0 Å². The van der Waals surface area contributed by atoms with Gasteiger partial charge in [0.15, 0.2) is 0 Å². The minimum Gasteiger partial charge on any atom is -0.467 e. The van der Waals surface area contributed by atoms with Crippen LogP contribution in [0.1, 0.15) is 13.3 Å². The zero-order valence-electron chi connectivity index (χ0n) is 10.9. The van der Waals surface area contributed by atoms with E-state index in [-0.39, 0.29) is 12.0 Å². The van der Waals surface area contributed by atoms with Crippen LogP contribution in [0.5, 0.6) is 0 Å². The number of hydrogen-bond donors (Lipinski definition) is 1. The molecule has 0 aliphatic carbocycles. The van der Waals surface area contributed by atoms with Crippen LogP contribution >= 0.6 is 0 Å². The standard InChI is InChI=1S/C13H16N4O2/c1-3-11(13(18)19-2)16-10-4-5-12(15-8-10)17-7-6-14-9-17/h4-9,11,16H,3H2,1-2H3. The first-order valence-corrected chi connectivity index (χ1v) is 6.03. The molecule has 19 heavy (non-hydrogen) atoms. The number of ether oxygens (including phenoxy) is 1. The van der Waals surface area contributed by atoms with Crippen molar-refractivity contribution in [2.24, 2.45) is 0 Å². The van der Waals surface area contributed by atoms with Crippen LogP contribution in [0.15, 0.2) is 37.1 Å². The van der Waals surface area contributed by atoms with E-state index in [4.69, 9.17) is 4.74 Å². The molecule has 1 atom stereocenters. The SMILES string of the molecule is CCC(Nc1ccc(-n2ccnc2)nc1)C(=O)OC. The van der Waals surface area contributed by atoms with Gasteiger partial charge >= 0.3 is 5.97 Å². The summed E-state index contributed by atoms with van der Waals surface area (Å²) in [5.74, 6) is 0.496. The lowest BCUT2D eigenvalue weighted by Gasteiger charge is -2.15. The number of nitrogens with one attached hydrogen (secondary N) is 1. The number of carbonyl (C=O) groups excluding carboxylic acids is 1. The third-order valence-electron chi connectivity index (χ3n) is 2.75. The topological polar surface area (TPSA) is 69.0 Å². The molecule has 0 saturated carbocycles. The highest BCUT2D eigenvalue weighted by molar-refractivity contribution is 5.79. The molecule has 1 N–H and O–H groups in total. The second kappa shape index (κ2) is 5.99. The van der Waals surface area contributed by atoms with Gasteiger partial charge in [-0.05, 0) is 18.6 Å². The van der Waals surface area contributed by atoms with E-state index in [0.717, 1.165) is 11.5 Å². The Kier molecular flexibility index (Phi) is 4.12. The van der Waals surface area contributed by atoms with Crippen LogP contribution in [-0.4, -0.2) is 33.7 Å². The van der Waals surface area contributed by atoms with E-state index in [1.165, 1.54) is 7.11 Å². The quantitative estimate of drug-likeness (QED) is 0.827. The number of carbonyl (C=O) groups is 1. The number of pyridine rings is 1. The Bertz CT molecular complexity index is 522. The summed E-state index contributed by atoms with van der Waals surface area (Å²) in [6.07, 6.45) is 7.52. The summed E-state index contributed by atoms with van der Waals surface area (Å²) in [5.41, 5.74) is 0.779. The number of methoxy groups -OCH3 is 1. The Morgan fingerprint density at radius 1 is 1.53 bits per heavy atom. The van der Waals surface area contributed by atoms with Gasteiger partial charge in [0.05, 0.1) is 19.0 Å². The predicted molar refractivity (Wildman–Crippen MR) is 71.1 cm³/mol. The fourth-order valence-corrected chi connectivity index (χ4v) is 1.69. The van der Waals surface area contributed by atoms with Crippen molar-refractivity contribution < 1.29 is 9.53 Å². The lowest BCUT2D eigenvalue weighted by molar-refractivity contribution is -0.141. The van der Waals surface area contributed by atoms with E-state index < -0.39 is 0 Å². The molecule has 0 spiro atoms. The summed E-state index contributed by atoms with van der Waals surface area (Å²) in [6, 6.07) is 3.37. The van der Waals surface area contributed by atoms with Gasteiger partial charge in [-0.1, -0.05) is 6.92 Å². The average molecular weight is 260 g/mol. The zero-order chi connectivity index (χ0) is 13.7. The van der Waals surface area contributed by atoms with E-state index in [2.05, 4.69) is 15.3 Å². The van der Waals surface area contributed by atoms with Gasteiger partial charge < -0.3 is 10.1 Å². The molecule has 0 aromatic carbocycles. The van der Waals surface area contributed by atoms with Gasteiger partial charge in [-0.25, -0.2) is 14.8 Å². The number of rotatable bonds is 5. The molecule has 0 aliphatic rings. The Hall–Kier alpha value is -2.37. The third-order valence-corrected chi connectivity index (χ3v) is 2.75. The van der Waals surface area contributed by atoms with Gasteiger partial charge in [0.25, 0.3) is 0 Å². The molecule has 1 unspecified atom stereocenters. The predicted octanol–water partition coefficient (Wildman–Crippen LogP) is 1.63. The van der Waals surface area contributed by atoms with Crippen LogP contribution in [0, 0.1) is 0 Å². The smallest absolute Gasteiger partial charge is 0.328 e. The molecular formula is C13H16N4O2. The highest BCUT2D eigenvalue weighted by Crippen LogP contribution is 2.12. The first-order chi connectivity index (χ1) is 9.24. The van der Waals surface area contributed by atoms with Crippen molar-refractivity contribution in [1.29, 1.82) is 0 Å². The summed E-state index contributed by atoms with van der Waals surface area (Å²) in [6.45, 7) is 1.92. The van der Waals surface area contributed by atoms with Crippen molar-refractivity contribution in [1.82, 2.24) is 14.5 Å². The molecule has 0 saturated heterocycles.